The van der Waals surface area contributed by atoms with Gasteiger partial charge < -0.3 is 10.4 Å². The Morgan fingerprint density at radius 3 is 3.06 bits per heavy atom. The monoisotopic (exact) mass is 329 g/mol. The molecule has 1 aliphatic heterocycles. The Hall–Kier alpha value is -0.520. The zero-order chi connectivity index (χ0) is 13.0. The van der Waals surface area contributed by atoms with Gasteiger partial charge in [-0.1, -0.05) is 28.1 Å². The second-order valence-electron chi connectivity index (χ2n) is 4.61. The van der Waals surface area contributed by atoms with Crippen molar-refractivity contribution in [2.24, 2.45) is 0 Å². The number of hydrogen-bond acceptors (Lipinski definition) is 3. The molecule has 1 atom stereocenters. The molecule has 1 amide bonds. The van der Waals surface area contributed by atoms with E-state index in [-0.39, 0.29) is 5.91 Å². The van der Waals surface area contributed by atoms with Crippen LogP contribution in [0.1, 0.15) is 12.0 Å². The minimum atomic E-state index is -0.711. The van der Waals surface area contributed by atoms with Crippen LogP contribution in [-0.4, -0.2) is 34.7 Å². The molecule has 0 spiro atoms. The summed E-state index contributed by atoms with van der Waals surface area (Å²) in [6.45, 7) is 0.354. The van der Waals surface area contributed by atoms with Crippen LogP contribution in [0.2, 0.25) is 0 Å². The minimum absolute atomic E-state index is 0.0431. The molecule has 0 bridgehead atoms. The molecule has 0 radical (unpaired) electrons. The van der Waals surface area contributed by atoms with Crippen molar-refractivity contribution in [3.05, 3.63) is 34.3 Å². The highest BCUT2D eigenvalue weighted by Gasteiger charge is 2.31. The molecule has 1 aliphatic rings. The predicted octanol–water partition coefficient (Wildman–Crippen LogP) is 1.98. The molecule has 1 aromatic carbocycles. The fourth-order valence-electron chi connectivity index (χ4n) is 1.89. The fourth-order valence-corrected chi connectivity index (χ4v) is 3.64. The highest BCUT2D eigenvalue weighted by atomic mass is 79.9. The van der Waals surface area contributed by atoms with Crippen LogP contribution in [0.5, 0.6) is 0 Å². The smallest absolute Gasteiger partial charge is 0.224 e. The molecule has 18 heavy (non-hydrogen) atoms. The van der Waals surface area contributed by atoms with Crippen LogP contribution >= 0.6 is 27.7 Å². The van der Waals surface area contributed by atoms with Gasteiger partial charge in [-0.25, -0.2) is 0 Å². The highest BCUT2D eigenvalue weighted by Crippen LogP contribution is 2.26. The average molecular weight is 330 g/mol. The Morgan fingerprint density at radius 2 is 2.39 bits per heavy atom. The van der Waals surface area contributed by atoms with Crippen LogP contribution in [0.4, 0.5) is 0 Å². The molecule has 5 heteroatoms. The summed E-state index contributed by atoms with van der Waals surface area (Å²) in [7, 11) is 0. The molecule has 1 heterocycles. The predicted molar refractivity (Wildman–Crippen MR) is 77.7 cm³/mol. The highest BCUT2D eigenvalue weighted by molar-refractivity contribution is 9.10. The SMILES string of the molecule is O=C(Cc1cccc(Br)c1)NC[C@@]1(O)CCSC1. The lowest BCUT2D eigenvalue weighted by Gasteiger charge is -2.21. The molecule has 1 aromatic rings. The number of thioether (sulfide) groups is 1. The summed E-state index contributed by atoms with van der Waals surface area (Å²) in [6, 6.07) is 7.69. The first-order valence-corrected chi connectivity index (χ1v) is 7.83. The van der Waals surface area contributed by atoms with Crippen molar-refractivity contribution in [1.29, 1.82) is 0 Å². The zero-order valence-corrected chi connectivity index (χ0v) is 12.4. The zero-order valence-electron chi connectivity index (χ0n) is 9.99. The topological polar surface area (TPSA) is 49.3 Å². The van der Waals surface area contributed by atoms with Crippen LogP contribution in [-0.2, 0) is 11.2 Å². The van der Waals surface area contributed by atoms with Gasteiger partial charge in [-0.2, -0.15) is 11.8 Å². The molecule has 2 rings (SSSR count). The molecule has 0 aliphatic carbocycles. The molecule has 1 fully saturated rings. The van der Waals surface area contributed by atoms with E-state index in [9.17, 15) is 9.90 Å². The fraction of sp³-hybridized carbons (Fsp3) is 0.462. The standard InChI is InChI=1S/C13H16BrNO2S/c14-11-3-1-2-10(6-11)7-12(16)15-8-13(17)4-5-18-9-13/h1-3,6,17H,4-5,7-9H2,(H,15,16)/t13-/m0/s1. The molecule has 0 aromatic heterocycles. The maximum absolute atomic E-state index is 11.8. The normalized spacial score (nSPS) is 23.0. The quantitative estimate of drug-likeness (QED) is 0.888. The van der Waals surface area contributed by atoms with Crippen molar-refractivity contribution in [2.45, 2.75) is 18.4 Å². The summed E-state index contributed by atoms with van der Waals surface area (Å²) in [5.74, 6) is 1.64. The van der Waals surface area contributed by atoms with Crippen molar-refractivity contribution < 1.29 is 9.90 Å². The van der Waals surface area contributed by atoms with E-state index in [0.29, 0.717) is 18.7 Å². The molecule has 3 nitrogen and oxygen atoms in total. The van der Waals surface area contributed by atoms with Crippen LogP contribution in [0.3, 0.4) is 0 Å². The molecule has 98 valence electrons. The van der Waals surface area contributed by atoms with Gasteiger partial charge in [0, 0.05) is 16.8 Å². The second kappa shape index (κ2) is 6.08. The van der Waals surface area contributed by atoms with Crippen LogP contribution in [0, 0.1) is 0 Å². The van der Waals surface area contributed by atoms with Crippen LogP contribution < -0.4 is 5.32 Å². The Balaban J connectivity index is 1.82. The molecule has 0 saturated carbocycles. The van der Waals surface area contributed by atoms with Gasteiger partial charge in [-0.05, 0) is 29.9 Å². The summed E-state index contributed by atoms with van der Waals surface area (Å²) in [6.07, 6.45) is 1.11. The van der Waals surface area contributed by atoms with Crippen molar-refractivity contribution in [1.82, 2.24) is 5.32 Å². The second-order valence-corrected chi connectivity index (χ2v) is 6.63. The lowest BCUT2D eigenvalue weighted by molar-refractivity contribution is -0.121. The van der Waals surface area contributed by atoms with E-state index < -0.39 is 5.60 Å². The van der Waals surface area contributed by atoms with E-state index in [0.717, 1.165) is 22.2 Å². The molecule has 1 saturated heterocycles. The van der Waals surface area contributed by atoms with E-state index in [2.05, 4.69) is 21.2 Å². The summed E-state index contributed by atoms with van der Waals surface area (Å²) < 4.78 is 0.971. The summed E-state index contributed by atoms with van der Waals surface area (Å²) in [5.41, 5.74) is 0.257. The van der Waals surface area contributed by atoms with Gasteiger partial charge in [0.15, 0.2) is 0 Å². The summed E-state index contributed by atoms with van der Waals surface area (Å²) >= 11 is 5.11. The summed E-state index contributed by atoms with van der Waals surface area (Å²) in [4.78, 5) is 11.8. The van der Waals surface area contributed by atoms with Crippen molar-refractivity contribution in [3.8, 4) is 0 Å². The number of benzene rings is 1. The van der Waals surface area contributed by atoms with Gasteiger partial charge in [0.2, 0.25) is 5.91 Å². The van der Waals surface area contributed by atoms with Gasteiger partial charge >= 0.3 is 0 Å². The van der Waals surface area contributed by atoms with Gasteiger partial charge in [0.1, 0.15) is 0 Å². The van der Waals surface area contributed by atoms with Gasteiger partial charge in [-0.3, -0.25) is 4.79 Å². The number of halogens is 1. The number of aliphatic hydroxyl groups is 1. The molecular weight excluding hydrogens is 314 g/mol. The van der Waals surface area contributed by atoms with Crippen LogP contribution in [0.15, 0.2) is 28.7 Å². The first kappa shape index (κ1) is 13.9. The third-order valence-corrected chi connectivity index (χ3v) is 4.68. The number of nitrogens with one attached hydrogen (secondary N) is 1. The number of carbonyl (C=O) groups excluding carboxylic acids is 1. The number of carbonyl (C=O) groups is 1. The Kier molecular flexibility index (Phi) is 4.70. The molecular formula is C13H16BrNO2S. The number of rotatable bonds is 4. The van der Waals surface area contributed by atoms with E-state index in [4.69, 9.17) is 0 Å². The van der Waals surface area contributed by atoms with E-state index in [1.165, 1.54) is 0 Å². The third kappa shape index (κ3) is 4.00. The average Bonchev–Trinajstić information content (AvgIpc) is 2.74. The van der Waals surface area contributed by atoms with Gasteiger partial charge in [-0.15, -0.1) is 0 Å². The molecule has 2 N–H and O–H groups in total. The summed E-state index contributed by atoms with van der Waals surface area (Å²) in [5, 5.41) is 12.9. The number of amides is 1. The van der Waals surface area contributed by atoms with Crippen LogP contribution in [0.25, 0.3) is 0 Å². The van der Waals surface area contributed by atoms with E-state index >= 15 is 0 Å². The van der Waals surface area contributed by atoms with Gasteiger partial charge in [0.05, 0.1) is 12.0 Å². The Bertz CT molecular complexity index is 433. The third-order valence-electron chi connectivity index (χ3n) is 2.95. The van der Waals surface area contributed by atoms with Crippen molar-refractivity contribution in [3.63, 3.8) is 0 Å². The minimum Gasteiger partial charge on any atom is -0.387 e. The largest absolute Gasteiger partial charge is 0.387 e. The maximum Gasteiger partial charge on any atom is 0.224 e. The first-order chi connectivity index (χ1) is 8.57. The van der Waals surface area contributed by atoms with Gasteiger partial charge in [0.25, 0.3) is 0 Å². The Labute approximate surface area is 119 Å². The lowest BCUT2D eigenvalue weighted by atomic mass is 10.0. The Morgan fingerprint density at radius 1 is 1.56 bits per heavy atom. The van der Waals surface area contributed by atoms with E-state index in [1.807, 2.05) is 24.3 Å². The molecule has 0 unspecified atom stereocenters. The first-order valence-electron chi connectivity index (χ1n) is 5.89. The maximum atomic E-state index is 11.8. The van der Waals surface area contributed by atoms with Crippen molar-refractivity contribution in [2.75, 3.05) is 18.1 Å². The van der Waals surface area contributed by atoms with Crippen molar-refractivity contribution >= 4 is 33.6 Å². The lowest BCUT2D eigenvalue weighted by Crippen LogP contribution is -2.43. The number of hydrogen-bond donors (Lipinski definition) is 2. The van der Waals surface area contributed by atoms with E-state index in [1.54, 1.807) is 11.8 Å².